The van der Waals surface area contributed by atoms with Crippen LogP contribution in [0.3, 0.4) is 0 Å². The lowest BCUT2D eigenvalue weighted by Gasteiger charge is -2.17. The van der Waals surface area contributed by atoms with Gasteiger partial charge in [-0.15, -0.1) is 0 Å². The molecule has 0 radical (unpaired) electrons. The van der Waals surface area contributed by atoms with E-state index in [2.05, 4.69) is 28.1 Å². The van der Waals surface area contributed by atoms with E-state index in [1.807, 2.05) is 6.07 Å². The van der Waals surface area contributed by atoms with Gasteiger partial charge < -0.3 is 19.7 Å². The summed E-state index contributed by atoms with van der Waals surface area (Å²) in [5, 5.41) is 12.8. The number of hydrogen-bond donors (Lipinski definition) is 2. The first-order valence-corrected chi connectivity index (χ1v) is 15.0. The van der Waals surface area contributed by atoms with E-state index in [-0.39, 0.29) is 23.2 Å². The monoisotopic (exact) mass is 545 g/mol. The van der Waals surface area contributed by atoms with E-state index >= 15 is 0 Å². The van der Waals surface area contributed by atoms with Gasteiger partial charge in [0.2, 0.25) is 0 Å². The van der Waals surface area contributed by atoms with Crippen LogP contribution in [-0.4, -0.2) is 47.9 Å². The van der Waals surface area contributed by atoms with E-state index in [0.717, 1.165) is 47.4 Å². The predicted octanol–water partition coefficient (Wildman–Crippen LogP) is 4.15. The lowest BCUT2D eigenvalue weighted by Crippen LogP contribution is -2.30. The molecule has 0 spiro atoms. The Morgan fingerprint density at radius 3 is 2.67 bits per heavy atom. The number of nitrogens with one attached hydrogen (secondary N) is 1. The first-order chi connectivity index (χ1) is 18.9. The molecule has 3 aromatic carbocycles. The summed E-state index contributed by atoms with van der Waals surface area (Å²) in [4.78, 5) is 18.4. The second-order valence-electron chi connectivity index (χ2n) is 10.2. The summed E-state index contributed by atoms with van der Waals surface area (Å²) in [5.41, 5.74) is 5.17. The van der Waals surface area contributed by atoms with Crippen molar-refractivity contribution >= 4 is 26.8 Å². The molecule has 1 amide bonds. The summed E-state index contributed by atoms with van der Waals surface area (Å²) >= 11 is 0. The lowest BCUT2D eigenvalue weighted by molar-refractivity contribution is 0.0916. The van der Waals surface area contributed by atoms with Crippen LogP contribution in [-0.2, 0) is 22.8 Å². The zero-order valence-electron chi connectivity index (χ0n) is 21.8. The molecular weight excluding hydrogens is 514 g/mol. The van der Waals surface area contributed by atoms with Crippen molar-refractivity contribution in [3.8, 4) is 5.75 Å². The third-order valence-electron chi connectivity index (χ3n) is 7.62. The molecule has 9 heteroatoms. The zero-order chi connectivity index (χ0) is 27.1. The molecule has 39 heavy (non-hydrogen) atoms. The van der Waals surface area contributed by atoms with E-state index < -0.39 is 15.9 Å². The highest BCUT2D eigenvalue weighted by Crippen LogP contribution is 2.41. The normalized spacial score (nSPS) is 15.6. The van der Waals surface area contributed by atoms with Crippen molar-refractivity contribution < 1.29 is 23.1 Å². The molecule has 1 saturated carbocycles. The molecular formula is C30H31N3O5S. The molecule has 2 aliphatic rings. The maximum atomic E-state index is 13.2. The Labute approximate surface area is 227 Å². The molecule has 0 saturated heterocycles. The molecule has 1 aliphatic heterocycles. The van der Waals surface area contributed by atoms with Gasteiger partial charge in [-0.1, -0.05) is 37.3 Å². The number of ether oxygens (including phenoxy) is 1. The van der Waals surface area contributed by atoms with E-state index in [4.69, 9.17) is 9.72 Å². The summed E-state index contributed by atoms with van der Waals surface area (Å²) in [6, 6.07) is 17.4. The lowest BCUT2D eigenvalue weighted by atomic mass is 10.1. The number of sulfone groups is 1. The topological polar surface area (TPSA) is 111 Å². The average Bonchev–Trinajstić information content (AvgIpc) is 3.57. The van der Waals surface area contributed by atoms with Crippen LogP contribution in [0, 0.1) is 0 Å². The van der Waals surface area contributed by atoms with E-state index in [0.29, 0.717) is 30.2 Å². The van der Waals surface area contributed by atoms with Crippen molar-refractivity contribution in [3.05, 3.63) is 88.7 Å². The number of nitrogens with zero attached hydrogens (tertiary/aromatic N) is 2. The smallest absolute Gasteiger partial charge is 0.251 e. The molecule has 0 bridgehead atoms. The zero-order valence-corrected chi connectivity index (χ0v) is 22.6. The fourth-order valence-electron chi connectivity index (χ4n) is 5.24. The average molecular weight is 546 g/mol. The van der Waals surface area contributed by atoms with E-state index in [9.17, 15) is 18.3 Å². The number of benzene rings is 3. The van der Waals surface area contributed by atoms with Crippen molar-refractivity contribution in [2.24, 2.45) is 0 Å². The van der Waals surface area contributed by atoms with Gasteiger partial charge in [-0.3, -0.25) is 4.79 Å². The Balaban J connectivity index is 1.26. The number of hydrogen-bond acceptors (Lipinski definition) is 6. The Hall–Kier alpha value is -3.69. The number of carbonyl (C=O) groups excluding carboxylic acids is 1. The first-order valence-electron chi connectivity index (χ1n) is 13.4. The number of carbonyl (C=O) groups is 1. The summed E-state index contributed by atoms with van der Waals surface area (Å²) in [5.74, 6) is 2.11. The molecule has 1 fully saturated rings. The van der Waals surface area contributed by atoms with Crippen molar-refractivity contribution in [1.29, 1.82) is 0 Å². The highest BCUT2D eigenvalue weighted by atomic mass is 32.2. The number of aliphatic hydroxyl groups excluding tert-OH is 1. The fourth-order valence-corrected chi connectivity index (χ4v) is 6.12. The van der Waals surface area contributed by atoms with Crippen LogP contribution in [0.1, 0.15) is 64.6 Å². The minimum Gasteiger partial charge on any atom is -0.493 e. The van der Waals surface area contributed by atoms with Gasteiger partial charge in [-0.05, 0) is 54.3 Å². The van der Waals surface area contributed by atoms with Crippen molar-refractivity contribution in [1.82, 2.24) is 14.9 Å². The largest absolute Gasteiger partial charge is 0.493 e. The molecule has 202 valence electrons. The van der Waals surface area contributed by atoms with Crippen molar-refractivity contribution in [3.63, 3.8) is 0 Å². The summed E-state index contributed by atoms with van der Waals surface area (Å²) < 4.78 is 32.4. The molecule has 2 heterocycles. The number of aliphatic hydroxyl groups is 1. The minimum atomic E-state index is -3.33. The maximum absolute atomic E-state index is 13.2. The van der Waals surface area contributed by atoms with Crippen LogP contribution in [0.2, 0.25) is 0 Å². The number of aromatic nitrogens is 2. The highest BCUT2D eigenvalue weighted by molar-refractivity contribution is 7.91. The van der Waals surface area contributed by atoms with Crippen LogP contribution >= 0.6 is 0 Å². The van der Waals surface area contributed by atoms with Gasteiger partial charge in [-0.2, -0.15) is 0 Å². The SMILES string of the molecule is CCS(=O)(=O)c1ccc(C(CO)NC(=O)c2ccc3c(c2)nc(C2CC2)n3Cc2cccc3c2OCC3)cc1. The molecule has 4 aromatic rings. The third-order valence-corrected chi connectivity index (χ3v) is 9.37. The fraction of sp³-hybridized carbons (Fsp3) is 0.333. The van der Waals surface area contributed by atoms with Gasteiger partial charge in [-0.25, -0.2) is 13.4 Å². The quantitative estimate of drug-likeness (QED) is 0.327. The van der Waals surface area contributed by atoms with Crippen LogP contribution < -0.4 is 10.1 Å². The van der Waals surface area contributed by atoms with Gasteiger partial charge >= 0.3 is 0 Å². The van der Waals surface area contributed by atoms with Crippen LogP contribution in [0.5, 0.6) is 5.75 Å². The maximum Gasteiger partial charge on any atom is 0.251 e. The molecule has 1 aliphatic carbocycles. The highest BCUT2D eigenvalue weighted by Gasteiger charge is 2.30. The van der Waals surface area contributed by atoms with E-state index in [1.165, 1.54) is 17.7 Å². The van der Waals surface area contributed by atoms with Crippen molar-refractivity contribution in [2.75, 3.05) is 19.0 Å². The first kappa shape index (κ1) is 25.6. The van der Waals surface area contributed by atoms with Gasteiger partial charge in [0.15, 0.2) is 9.84 Å². The predicted molar refractivity (Wildman–Crippen MR) is 148 cm³/mol. The Morgan fingerprint density at radius 2 is 1.95 bits per heavy atom. The van der Waals surface area contributed by atoms with Gasteiger partial charge in [0.1, 0.15) is 11.6 Å². The van der Waals surface area contributed by atoms with Crippen LogP contribution in [0.4, 0.5) is 0 Å². The number of amides is 1. The van der Waals surface area contributed by atoms with Crippen molar-refractivity contribution in [2.45, 2.75) is 49.6 Å². The minimum absolute atomic E-state index is 0.00847. The molecule has 1 aromatic heterocycles. The van der Waals surface area contributed by atoms with Gasteiger partial charge in [0.25, 0.3) is 5.91 Å². The summed E-state index contributed by atoms with van der Waals surface area (Å²) in [6.45, 7) is 2.64. The Bertz CT molecular complexity index is 1660. The molecule has 1 atom stereocenters. The van der Waals surface area contributed by atoms with Gasteiger partial charge in [0.05, 0.1) is 47.5 Å². The number of imidazole rings is 1. The summed E-state index contributed by atoms with van der Waals surface area (Å²) in [6.07, 6.45) is 3.14. The number of rotatable bonds is 9. The second kappa shape index (κ2) is 10.1. The van der Waals surface area contributed by atoms with Crippen LogP contribution in [0.15, 0.2) is 65.6 Å². The Morgan fingerprint density at radius 1 is 1.15 bits per heavy atom. The summed E-state index contributed by atoms with van der Waals surface area (Å²) in [7, 11) is -3.33. The molecule has 1 unspecified atom stereocenters. The van der Waals surface area contributed by atoms with E-state index in [1.54, 1.807) is 31.2 Å². The number of para-hydroxylation sites is 1. The molecule has 6 rings (SSSR count). The van der Waals surface area contributed by atoms with Crippen LogP contribution in [0.25, 0.3) is 11.0 Å². The van der Waals surface area contributed by atoms with Gasteiger partial charge in [0, 0.05) is 23.5 Å². The molecule has 2 N–H and O–H groups in total. The Kier molecular flexibility index (Phi) is 6.64. The second-order valence-corrected chi connectivity index (χ2v) is 12.5. The standard InChI is InChI=1S/C30H31N3O5S/c1-2-39(36,37)24-11-8-19(9-12-24)26(18-34)32-30(35)22-10-13-27-25(16-22)31-29(21-6-7-21)33(27)17-23-5-3-4-20-14-15-38-28(20)23/h3-5,8-13,16,21,26,34H,2,6-7,14-15,17-18H2,1H3,(H,32,35). The molecule has 8 nitrogen and oxygen atoms in total. The third kappa shape index (κ3) is 4.92. The number of fused-ring (bicyclic) bond motifs is 2.